The molecular formula is C8H18BrN3. The van der Waals surface area contributed by atoms with E-state index in [1.807, 2.05) is 19.4 Å². The van der Waals surface area contributed by atoms with Crippen LogP contribution in [0.1, 0.15) is 25.6 Å². The van der Waals surface area contributed by atoms with Crippen LogP contribution in [0.5, 0.6) is 0 Å². The Morgan fingerprint density at radius 1 is 1.50 bits per heavy atom. The second-order valence-electron chi connectivity index (χ2n) is 2.56. The van der Waals surface area contributed by atoms with Gasteiger partial charge in [0.05, 0.1) is 0 Å². The van der Waals surface area contributed by atoms with Crippen molar-refractivity contribution in [2.75, 3.05) is 0 Å². The summed E-state index contributed by atoms with van der Waals surface area (Å²) in [7, 11) is 2.04. The van der Waals surface area contributed by atoms with Crippen molar-refractivity contribution in [3.63, 3.8) is 0 Å². The monoisotopic (exact) mass is 235 g/mol. The number of hydrogen-bond acceptors (Lipinski definition) is 2. The Labute approximate surface area is 84.5 Å². The maximum atomic E-state index is 4.22. The van der Waals surface area contributed by atoms with E-state index < -0.39 is 0 Å². The van der Waals surface area contributed by atoms with Crippen molar-refractivity contribution in [1.82, 2.24) is 15.7 Å². The minimum atomic E-state index is 0. The molecule has 0 spiro atoms. The molecule has 0 amide bonds. The fourth-order valence-corrected chi connectivity index (χ4v) is 0.972. The van der Waals surface area contributed by atoms with Gasteiger partial charge in [-0.2, -0.15) is 0 Å². The van der Waals surface area contributed by atoms with Gasteiger partial charge in [-0.05, 0) is 6.42 Å². The summed E-state index contributed by atoms with van der Waals surface area (Å²) < 4.78 is 2.08. The molecule has 3 N–H and O–H groups in total. The molecular weight excluding hydrogens is 218 g/mol. The third kappa shape index (κ3) is 3.88. The second kappa shape index (κ2) is 7.31. The summed E-state index contributed by atoms with van der Waals surface area (Å²) in [6.45, 7) is 2.20. The minimum absolute atomic E-state index is 0. The van der Waals surface area contributed by atoms with E-state index in [0.717, 1.165) is 6.42 Å². The molecule has 0 fully saturated rings. The predicted octanol–water partition coefficient (Wildman–Crippen LogP) is 2.50. The van der Waals surface area contributed by atoms with Crippen molar-refractivity contribution in [1.29, 1.82) is 0 Å². The van der Waals surface area contributed by atoms with Crippen molar-refractivity contribution in [2.24, 2.45) is 7.05 Å². The predicted molar refractivity (Wildman–Crippen MR) is 57.2 cm³/mol. The van der Waals surface area contributed by atoms with E-state index in [1.54, 1.807) is 0 Å². The van der Waals surface area contributed by atoms with E-state index in [9.17, 15) is 0 Å². The zero-order chi connectivity index (χ0) is 7.40. The first kappa shape index (κ1) is 14.2. The smallest absolute Gasteiger partial charge is 0.108 e. The highest BCUT2D eigenvalue weighted by Gasteiger charge is 1.95. The molecule has 4 heteroatoms. The third-order valence-electron chi connectivity index (χ3n) is 1.67. The zero-order valence-corrected chi connectivity index (χ0v) is 9.50. The first-order valence-corrected chi connectivity index (χ1v) is 3.80. The SMILES string of the molecule is Br.CCCCc1nccn1C.N. The highest BCUT2D eigenvalue weighted by atomic mass is 79.9. The van der Waals surface area contributed by atoms with Gasteiger partial charge in [-0.15, -0.1) is 17.0 Å². The molecule has 0 unspecified atom stereocenters. The van der Waals surface area contributed by atoms with E-state index >= 15 is 0 Å². The second-order valence-corrected chi connectivity index (χ2v) is 2.56. The Balaban J connectivity index is 0. The number of aryl methyl sites for hydroxylation is 2. The average Bonchev–Trinajstić information content (AvgIpc) is 2.31. The van der Waals surface area contributed by atoms with Crippen LogP contribution in [0.15, 0.2) is 12.4 Å². The van der Waals surface area contributed by atoms with Crippen LogP contribution in [-0.2, 0) is 13.5 Å². The van der Waals surface area contributed by atoms with Crippen molar-refractivity contribution in [3.8, 4) is 0 Å². The molecule has 1 aromatic rings. The Morgan fingerprint density at radius 3 is 2.58 bits per heavy atom. The van der Waals surface area contributed by atoms with Gasteiger partial charge in [0, 0.05) is 25.9 Å². The van der Waals surface area contributed by atoms with Crippen LogP contribution in [0.3, 0.4) is 0 Å². The van der Waals surface area contributed by atoms with Crippen molar-refractivity contribution < 1.29 is 0 Å². The van der Waals surface area contributed by atoms with Crippen LogP contribution in [0.25, 0.3) is 0 Å². The summed E-state index contributed by atoms with van der Waals surface area (Å²) in [6.07, 6.45) is 7.44. The topological polar surface area (TPSA) is 52.8 Å². The van der Waals surface area contributed by atoms with Crippen LogP contribution >= 0.6 is 17.0 Å². The molecule has 12 heavy (non-hydrogen) atoms. The fourth-order valence-electron chi connectivity index (χ4n) is 0.972. The lowest BCUT2D eigenvalue weighted by Gasteiger charge is -1.97. The number of aromatic nitrogens is 2. The van der Waals surface area contributed by atoms with Gasteiger partial charge in [0.1, 0.15) is 5.82 Å². The van der Waals surface area contributed by atoms with Crippen molar-refractivity contribution >= 4 is 17.0 Å². The van der Waals surface area contributed by atoms with E-state index in [-0.39, 0.29) is 23.1 Å². The summed E-state index contributed by atoms with van der Waals surface area (Å²) in [6, 6.07) is 0. The molecule has 0 aromatic carbocycles. The molecule has 0 aliphatic rings. The van der Waals surface area contributed by atoms with Crippen LogP contribution in [0, 0.1) is 0 Å². The molecule has 1 aromatic heterocycles. The standard InChI is InChI=1S/C8H14N2.BrH.H3N/c1-3-4-5-8-9-6-7-10(8)2;;/h6-7H,3-5H2,1-2H3;1H;1H3. The highest BCUT2D eigenvalue weighted by Crippen LogP contribution is 2.00. The van der Waals surface area contributed by atoms with Crippen molar-refractivity contribution in [3.05, 3.63) is 18.2 Å². The number of halogens is 1. The van der Waals surface area contributed by atoms with Gasteiger partial charge in [0.15, 0.2) is 0 Å². The summed E-state index contributed by atoms with van der Waals surface area (Å²) >= 11 is 0. The van der Waals surface area contributed by atoms with Gasteiger partial charge in [-0.1, -0.05) is 13.3 Å². The molecule has 0 aliphatic heterocycles. The molecule has 1 rings (SSSR count). The first-order chi connectivity index (χ1) is 4.84. The molecule has 3 nitrogen and oxygen atoms in total. The lowest BCUT2D eigenvalue weighted by atomic mass is 10.2. The van der Waals surface area contributed by atoms with Gasteiger partial charge in [-0.3, -0.25) is 0 Å². The maximum Gasteiger partial charge on any atom is 0.108 e. The van der Waals surface area contributed by atoms with Crippen molar-refractivity contribution in [2.45, 2.75) is 26.2 Å². The van der Waals surface area contributed by atoms with E-state index in [1.165, 1.54) is 18.7 Å². The molecule has 72 valence electrons. The fraction of sp³-hybridized carbons (Fsp3) is 0.625. The van der Waals surface area contributed by atoms with Crippen LogP contribution in [-0.4, -0.2) is 9.55 Å². The van der Waals surface area contributed by atoms with Gasteiger partial charge in [0.2, 0.25) is 0 Å². The first-order valence-electron chi connectivity index (χ1n) is 3.80. The molecule has 0 bridgehead atoms. The van der Waals surface area contributed by atoms with Gasteiger partial charge >= 0.3 is 0 Å². The zero-order valence-electron chi connectivity index (χ0n) is 7.79. The molecule has 0 radical (unpaired) electrons. The van der Waals surface area contributed by atoms with Crippen LogP contribution < -0.4 is 6.15 Å². The number of hydrogen-bond donors (Lipinski definition) is 1. The lowest BCUT2D eigenvalue weighted by molar-refractivity contribution is 0.712. The molecule has 1 heterocycles. The highest BCUT2D eigenvalue weighted by molar-refractivity contribution is 8.93. The van der Waals surface area contributed by atoms with Crippen LogP contribution in [0.2, 0.25) is 0 Å². The number of nitrogens with zero attached hydrogens (tertiary/aromatic N) is 2. The molecule has 0 saturated carbocycles. The third-order valence-corrected chi connectivity index (χ3v) is 1.67. The summed E-state index contributed by atoms with van der Waals surface area (Å²) in [5.41, 5.74) is 0. The Bertz CT molecular complexity index is 198. The Morgan fingerprint density at radius 2 is 2.17 bits per heavy atom. The summed E-state index contributed by atoms with van der Waals surface area (Å²) in [5, 5.41) is 0. The average molecular weight is 236 g/mol. The summed E-state index contributed by atoms with van der Waals surface area (Å²) in [4.78, 5) is 4.22. The van der Waals surface area contributed by atoms with E-state index in [4.69, 9.17) is 0 Å². The largest absolute Gasteiger partial charge is 0.344 e. The normalized spacial score (nSPS) is 8.50. The van der Waals surface area contributed by atoms with E-state index in [0.29, 0.717) is 0 Å². The number of imidazole rings is 1. The van der Waals surface area contributed by atoms with Gasteiger partial charge in [0.25, 0.3) is 0 Å². The maximum absolute atomic E-state index is 4.22. The quantitative estimate of drug-likeness (QED) is 0.876. The van der Waals surface area contributed by atoms with Gasteiger partial charge < -0.3 is 10.7 Å². The number of rotatable bonds is 3. The summed E-state index contributed by atoms with van der Waals surface area (Å²) in [5.74, 6) is 1.20. The molecule has 0 saturated heterocycles. The minimum Gasteiger partial charge on any atom is -0.344 e. The Kier molecular flexibility index (Phi) is 8.64. The number of unbranched alkanes of at least 4 members (excludes halogenated alkanes) is 1. The van der Waals surface area contributed by atoms with E-state index in [2.05, 4.69) is 16.5 Å². The van der Waals surface area contributed by atoms with Crippen LogP contribution in [0.4, 0.5) is 0 Å². The Hall–Kier alpha value is -0.350. The molecule has 0 atom stereocenters. The van der Waals surface area contributed by atoms with Gasteiger partial charge in [-0.25, -0.2) is 4.98 Å². The molecule has 0 aliphatic carbocycles. The lowest BCUT2D eigenvalue weighted by Crippen LogP contribution is -1.96.